The topological polar surface area (TPSA) is 18.5 Å². The van der Waals surface area contributed by atoms with Crippen molar-refractivity contribution in [2.24, 2.45) is 0 Å². The van der Waals surface area contributed by atoms with Crippen LogP contribution in [0.2, 0.25) is 0 Å². The van der Waals surface area contributed by atoms with E-state index in [9.17, 15) is 0 Å². The zero-order valence-corrected chi connectivity index (χ0v) is 14.7. The normalized spacial score (nSPS) is 6.90. The van der Waals surface area contributed by atoms with Crippen molar-refractivity contribution in [3.63, 3.8) is 0 Å². The Balaban J connectivity index is -0.000000107. The van der Waals surface area contributed by atoms with Gasteiger partial charge in [0.1, 0.15) is 11.5 Å². The maximum absolute atomic E-state index is 4.91. The molecule has 2 nitrogen and oxygen atoms in total. The van der Waals surface area contributed by atoms with Crippen molar-refractivity contribution in [3.8, 4) is 11.5 Å². The van der Waals surface area contributed by atoms with Crippen LogP contribution in [0.15, 0.2) is 60.7 Å². The molecule has 0 spiro atoms. The third-order valence-electron chi connectivity index (χ3n) is 1.96. The molecule has 0 bridgehead atoms. The van der Waals surface area contributed by atoms with Gasteiger partial charge < -0.3 is 46.7 Å². The second kappa shape index (κ2) is 18.4. The summed E-state index contributed by atoms with van der Waals surface area (Å²) in [4.78, 5) is 0. The largest absolute Gasteiger partial charge is 3.00 e. The number of hydrogen-bond acceptors (Lipinski definition) is 2. The van der Waals surface area contributed by atoms with Crippen LogP contribution in [0.1, 0.15) is 0 Å². The van der Waals surface area contributed by atoms with Gasteiger partial charge >= 0.3 is 17.4 Å². The molecule has 0 aliphatic rings. The van der Waals surface area contributed by atoms with Crippen molar-refractivity contribution < 1.29 is 46.7 Å². The molecule has 0 fully saturated rings. The number of ether oxygens (including phenoxy) is 2. The summed E-state index contributed by atoms with van der Waals surface area (Å²) >= 11 is 0. The first-order valence-corrected chi connectivity index (χ1v) is 5.05. The van der Waals surface area contributed by atoms with Crippen molar-refractivity contribution in [2.75, 3.05) is 14.2 Å². The van der Waals surface area contributed by atoms with Gasteiger partial charge in [-0.2, -0.15) is 0 Å². The second-order valence-corrected chi connectivity index (χ2v) is 3.03. The van der Waals surface area contributed by atoms with Crippen LogP contribution in [-0.4, -0.2) is 31.6 Å². The van der Waals surface area contributed by atoms with E-state index in [1.807, 2.05) is 60.7 Å². The average molecular weight is 350 g/mol. The standard InChI is InChI=1S/2C7H8O.Al.3ClH/c2*1-8-7-5-3-2-4-6-7;;;;/h2*2-6H,1H3;;3*1H/q;;+3;;;/p-3. The molecule has 0 amide bonds. The van der Waals surface area contributed by atoms with Gasteiger partial charge in [0.15, 0.2) is 0 Å². The van der Waals surface area contributed by atoms with Crippen LogP contribution in [0.5, 0.6) is 11.5 Å². The van der Waals surface area contributed by atoms with Gasteiger partial charge in [-0.3, -0.25) is 0 Å². The van der Waals surface area contributed by atoms with Crippen LogP contribution in [0.25, 0.3) is 0 Å². The molecule has 0 aromatic heterocycles. The first-order chi connectivity index (χ1) is 7.86. The van der Waals surface area contributed by atoms with E-state index in [1.165, 1.54) is 0 Å². The molecule has 0 saturated heterocycles. The van der Waals surface area contributed by atoms with Crippen molar-refractivity contribution in [3.05, 3.63) is 60.7 Å². The van der Waals surface area contributed by atoms with Gasteiger partial charge in [-0.1, -0.05) is 36.4 Å². The predicted octanol–water partition coefficient (Wildman–Crippen LogP) is -5.98. The third-order valence-corrected chi connectivity index (χ3v) is 1.96. The van der Waals surface area contributed by atoms with E-state index >= 15 is 0 Å². The van der Waals surface area contributed by atoms with Crippen LogP contribution in [0.3, 0.4) is 0 Å². The monoisotopic (exact) mass is 348 g/mol. The summed E-state index contributed by atoms with van der Waals surface area (Å²) in [5, 5.41) is 0. The van der Waals surface area contributed by atoms with Gasteiger partial charge in [-0.25, -0.2) is 0 Å². The summed E-state index contributed by atoms with van der Waals surface area (Å²) in [6.07, 6.45) is 0. The molecule has 20 heavy (non-hydrogen) atoms. The van der Waals surface area contributed by atoms with Crippen LogP contribution in [0.4, 0.5) is 0 Å². The number of methoxy groups -OCH3 is 2. The van der Waals surface area contributed by atoms with Crippen LogP contribution in [0, 0.1) is 0 Å². The Morgan fingerprint density at radius 1 is 0.550 bits per heavy atom. The predicted molar refractivity (Wildman–Crippen MR) is 71.7 cm³/mol. The summed E-state index contributed by atoms with van der Waals surface area (Å²) in [6, 6.07) is 19.4. The summed E-state index contributed by atoms with van der Waals surface area (Å²) in [5.74, 6) is 1.82. The van der Waals surface area contributed by atoms with E-state index in [4.69, 9.17) is 9.47 Å². The Morgan fingerprint density at radius 3 is 0.950 bits per heavy atom. The van der Waals surface area contributed by atoms with Gasteiger partial charge in [-0.15, -0.1) is 0 Å². The molecule has 0 aliphatic heterocycles. The Bertz CT molecular complexity index is 349. The SMILES string of the molecule is COc1ccccc1.COc1ccccc1.[Al+3].[Cl-].[Cl-].[Cl-]. The summed E-state index contributed by atoms with van der Waals surface area (Å²) in [7, 11) is 3.32. The van der Waals surface area contributed by atoms with Crippen molar-refractivity contribution in [1.29, 1.82) is 0 Å². The molecule has 6 heteroatoms. The zero-order valence-electron chi connectivity index (χ0n) is 11.3. The van der Waals surface area contributed by atoms with Gasteiger partial charge in [0.05, 0.1) is 14.2 Å². The second-order valence-electron chi connectivity index (χ2n) is 3.03. The van der Waals surface area contributed by atoms with Crippen LogP contribution >= 0.6 is 0 Å². The van der Waals surface area contributed by atoms with Gasteiger partial charge in [-0.05, 0) is 24.3 Å². The van der Waals surface area contributed by atoms with Crippen molar-refractivity contribution >= 4 is 17.4 Å². The molecule has 0 atom stereocenters. The van der Waals surface area contributed by atoms with E-state index in [0.29, 0.717) is 0 Å². The third kappa shape index (κ3) is 12.5. The molecule has 0 aliphatic carbocycles. The Hall–Kier alpha value is -0.558. The number of halogens is 3. The molecule has 0 heterocycles. The summed E-state index contributed by atoms with van der Waals surface area (Å²) in [6.45, 7) is 0. The fourth-order valence-corrected chi connectivity index (χ4v) is 1.11. The van der Waals surface area contributed by atoms with E-state index in [1.54, 1.807) is 14.2 Å². The minimum Gasteiger partial charge on any atom is -1.00 e. The minimum atomic E-state index is 0. The molecular weight excluding hydrogens is 333 g/mol. The molecule has 0 saturated carbocycles. The van der Waals surface area contributed by atoms with Gasteiger partial charge in [0, 0.05) is 0 Å². The molecule has 0 radical (unpaired) electrons. The number of rotatable bonds is 2. The zero-order chi connectivity index (χ0) is 11.6. The first kappa shape index (κ1) is 27.7. The van der Waals surface area contributed by atoms with Crippen molar-refractivity contribution in [1.82, 2.24) is 0 Å². The summed E-state index contributed by atoms with van der Waals surface area (Å²) < 4.78 is 9.83. The van der Waals surface area contributed by atoms with Gasteiger partial charge in [0.25, 0.3) is 0 Å². The molecule has 0 unspecified atom stereocenters. The quantitative estimate of drug-likeness (QED) is 0.503. The average Bonchev–Trinajstić information content (AvgIpc) is 2.41. The van der Waals surface area contributed by atoms with E-state index < -0.39 is 0 Å². The molecular formula is C14H16AlCl3O2. The Kier molecular flexibility index (Phi) is 25.6. The maximum atomic E-state index is 4.91. The number of para-hydroxylation sites is 2. The Morgan fingerprint density at radius 2 is 0.800 bits per heavy atom. The van der Waals surface area contributed by atoms with E-state index in [2.05, 4.69) is 0 Å². The minimum absolute atomic E-state index is 0. The fraction of sp³-hybridized carbons (Fsp3) is 0.143. The molecule has 2 aromatic rings. The molecule has 2 aromatic carbocycles. The van der Waals surface area contributed by atoms with E-state index in [0.717, 1.165) is 11.5 Å². The van der Waals surface area contributed by atoms with Crippen LogP contribution in [-0.2, 0) is 0 Å². The van der Waals surface area contributed by atoms with Gasteiger partial charge in [0.2, 0.25) is 0 Å². The number of hydrogen-bond donors (Lipinski definition) is 0. The Labute approximate surface area is 150 Å². The number of benzene rings is 2. The maximum Gasteiger partial charge on any atom is 3.00 e. The first-order valence-electron chi connectivity index (χ1n) is 5.05. The fourth-order valence-electron chi connectivity index (χ4n) is 1.11. The van der Waals surface area contributed by atoms with Crippen molar-refractivity contribution in [2.45, 2.75) is 0 Å². The van der Waals surface area contributed by atoms with E-state index in [-0.39, 0.29) is 54.6 Å². The molecule has 2 rings (SSSR count). The van der Waals surface area contributed by atoms with Crippen LogP contribution < -0.4 is 46.7 Å². The molecule has 108 valence electrons. The summed E-state index contributed by atoms with van der Waals surface area (Å²) in [5.41, 5.74) is 0. The molecule has 0 N–H and O–H groups in total. The smallest absolute Gasteiger partial charge is 1.00 e.